The normalized spacial score (nSPS) is 11.6. The van der Waals surface area contributed by atoms with Crippen molar-refractivity contribution in [1.29, 1.82) is 0 Å². The van der Waals surface area contributed by atoms with Crippen molar-refractivity contribution in [3.8, 4) is 0 Å². The number of hydrogen-bond donors (Lipinski definition) is 2. The number of halogens is 1. The fourth-order valence-corrected chi connectivity index (χ4v) is 0.772. The Balaban J connectivity index is 0.000000187. The molecule has 0 aliphatic rings. The predicted molar refractivity (Wildman–Crippen MR) is 54.6 cm³/mol. The zero-order valence-corrected chi connectivity index (χ0v) is 8.66. The van der Waals surface area contributed by atoms with Crippen LogP contribution in [0.3, 0.4) is 0 Å². The van der Waals surface area contributed by atoms with Crippen LogP contribution in [0.4, 0.5) is 0 Å². The zero-order valence-electron chi connectivity index (χ0n) is 6.20. The van der Waals surface area contributed by atoms with Gasteiger partial charge in [-0.05, 0) is 0 Å². The highest BCUT2D eigenvalue weighted by Gasteiger charge is 1.81. The third-order valence-corrected chi connectivity index (χ3v) is 1.88. The van der Waals surface area contributed by atoms with Gasteiger partial charge in [-0.3, -0.25) is 0 Å². The molecule has 1 rings (SSSR count). The number of nitrogens with zero attached hydrogens (tertiary/aromatic N) is 1. The summed E-state index contributed by atoms with van der Waals surface area (Å²) in [6.45, 7) is 2.63. The van der Waals surface area contributed by atoms with Crippen LogP contribution in [-0.2, 0) is 0 Å². The first-order chi connectivity index (χ1) is 5.16. The molecular formula is C6H11ClN2S2. The maximum absolute atomic E-state index is 5.36. The largest absolute Gasteiger partial charge is 0.329 e. The molecule has 0 saturated carbocycles. The van der Waals surface area contributed by atoms with Gasteiger partial charge in [0, 0.05) is 23.4 Å². The minimum Gasteiger partial charge on any atom is -0.329 e. The molecule has 0 radical (unpaired) electrons. The lowest BCUT2D eigenvalue weighted by molar-refractivity contribution is 0.959. The van der Waals surface area contributed by atoms with Crippen LogP contribution >= 0.6 is 35.6 Å². The highest BCUT2D eigenvalue weighted by Crippen LogP contribution is 2.08. The first-order valence-corrected chi connectivity index (χ1v) is 4.87. The summed E-state index contributed by atoms with van der Waals surface area (Å²) in [5.41, 5.74) is 5.09. The molecule has 0 aliphatic heterocycles. The Kier molecular flexibility index (Phi) is 7.06. The molecule has 1 heterocycles. The average Bonchev–Trinajstić information content (AvgIpc) is 2.41. The van der Waals surface area contributed by atoms with Gasteiger partial charge < -0.3 is 5.73 Å². The second-order valence-corrected chi connectivity index (χ2v) is 4.23. The summed E-state index contributed by atoms with van der Waals surface area (Å²) in [5.74, 6) is 0. The first kappa shape index (κ1) is 11.2. The van der Waals surface area contributed by atoms with E-state index in [1.54, 1.807) is 6.20 Å². The van der Waals surface area contributed by atoms with Gasteiger partial charge in [0.1, 0.15) is 0 Å². The van der Waals surface area contributed by atoms with E-state index in [9.17, 15) is 0 Å². The third kappa shape index (κ3) is 8.13. The molecular weight excluding hydrogens is 200 g/mol. The van der Waals surface area contributed by atoms with Crippen molar-refractivity contribution in [2.24, 2.45) is 5.73 Å². The summed E-state index contributed by atoms with van der Waals surface area (Å²) in [5, 5.41) is 2.19. The first-order valence-electron chi connectivity index (χ1n) is 3.10. The Hall–Kier alpha value is 0.230. The van der Waals surface area contributed by atoms with Crippen molar-refractivity contribution in [1.82, 2.24) is 4.98 Å². The molecule has 1 aromatic heterocycles. The fourth-order valence-electron chi connectivity index (χ4n) is 0.206. The lowest BCUT2D eigenvalue weighted by atomic mass is 10.5. The van der Waals surface area contributed by atoms with Crippen LogP contribution in [0.5, 0.6) is 0 Å². The minimum atomic E-state index is 0.356. The van der Waals surface area contributed by atoms with Gasteiger partial charge in [-0.1, -0.05) is 18.5 Å². The highest BCUT2D eigenvalue weighted by atomic mass is 35.5. The van der Waals surface area contributed by atoms with Gasteiger partial charge in [0.2, 0.25) is 0 Å². The molecule has 0 fully saturated rings. The summed E-state index contributed by atoms with van der Waals surface area (Å²) in [6, 6.07) is 0. The quantitative estimate of drug-likeness (QED) is 0.697. The molecule has 2 nitrogen and oxygen atoms in total. The number of thiazole rings is 1. The Labute approximate surface area is 81.2 Å². The van der Waals surface area contributed by atoms with Crippen molar-refractivity contribution in [3.63, 3.8) is 0 Å². The SMILES string of the molecule is CC(S)CN.Clc1nccs1. The van der Waals surface area contributed by atoms with Gasteiger partial charge in [0.15, 0.2) is 4.47 Å². The maximum atomic E-state index is 5.36. The fraction of sp³-hybridized carbons (Fsp3) is 0.500. The van der Waals surface area contributed by atoms with E-state index < -0.39 is 0 Å². The van der Waals surface area contributed by atoms with E-state index in [-0.39, 0.29) is 0 Å². The van der Waals surface area contributed by atoms with E-state index in [2.05, 4.69) is 17.6 Å². The van der Waals surface area contributed by atoms with Gasteiger partial charge in [0.25, 0.3) is 0 Å². The van der Waals surface area contributed by atoms with Crippen molar-refractivity contribution in [2.45, 2.75) is 12.2 Å². The summed E-state index contributed by atoms with van der Waals surface area (Å²) in [6.07, 6.45) is 1.67. The molecule has 0 amide bonds. The molecule has 5 heteroatoms. The molecule has 0 saturated heterocycles. The third-order valence-electron chi connectivity index (χ3n) is 0.743. The predicted octanol–water partition coefficient (Wildman–Crippen LogP) is 2.06. The van der Waals surface area contributed by atoms with Crippen LogP contribution in [0.25, 0.3) is 0 Å². The van der Waals surface area contributed by atoms with Gasteiger partial charge in [-0.25, -0.2) is 4.98 Å². The minimum absolute atomic E-state index is 0.356. The molecule has 0 spiro atoms. The van der Waals surface area contributed by atoms with Crippen molar-refractivity contribution >= 4 is 35.6 Å². The molecule has 2 N–H and O–H groups in total. The van der Waals surface area contributed by atoms with Crippen LogP contribution in [0.15, 0.2) is 11.6 Å². The molecule has 11 heavy (non-hydrogen) atoms. The second-order valence-electron chi connectivity index (χ2n) is 1.87. The van der Waals surface area contributed by atoms with Gasteiger partial charge in [-0.15, -0.1) is 11.3 Å². The number of rotatable bonds is 1. The van der Waals surface area contributed by atoms with Crippen LogP contribution in [0, 0.1) is 0 Å². The lowest BCUT2D eigenvalue weighted by Crippen LogP contribution is -2.08. The lowest BCUT2D eigenvalue weighted by Gasteiger charge is -1.90. The molecule has 1 atom stereocenters. The summed E-state index contributed by atoms with van der Waals surface area (Å²) >= 11 is 10.8. The molecule has 0 bridgehead atoms. The molecule has 1 aromatic rings. The molecule has 64 valence electrons. The van der Waals surface area contributed by atoms with E-state index in [0.29, 0.717) is 16.3 Å². The van der Waals surface area contributed by atoms with E-state index >= 15 is 0 Å². The maximum Gasteiger partial charge on any atom is 0.183 e. The van der Waals surface area contributed by atoms with Crippen LogP contribution in [-0.4, -0.2) is 16.8 Å². The van der Waals surface area contributed by atoms with Gasteiger partial charge in [0.05, 0.1) is 0 Å². The topological polar surface area (TPSA) is 38.9 Å². The Morgan fingerprint density at radius 2 is 2.45 bits per heavy atom. The van der Waals surface area contributed by atoms with Crippen LogP contribution < -0.4 is 5.73 Å². The van der Waals surface area contributed by atoms with Crippen molar-refractivity contribution < 1.29 is 0 Å². The van der Waals surface area contributed by atoms with E-state index in [1.807, 2.05) is 12.3 Å². The molecule has 1 unspecified atom stereocenters. The van der Waals surface area contributed by atoms with E-state index in [0.717, 1.165) is 0 Å². The van der Waals surface area contributed by atoms with Crippen molar-refractivity contribution in [2.75, 3.05) is 6.54 Å². The van der Waals surface area contributed by atoms with Crippen molar-refractivity contribution in [3.05, 3.63) is 16.0 Å². The number of thiol groups is 1. The summed E-state index contributed by atoms with van der Waals surface area (Å²) < 4.78 is 0.606. The Morgan fingerprint density at radius 1 is 1.91 bits per heavy atom. The van der Waals surface area contributed by atoms with Crippen LogP contribution in [0.1, 0.15) is 6.92 Å². The van der Waals surface area contributed by atoms with Crippen LogP contribution in [0.2, 0.25) is 4.47 Å². The van der Waals surface area contributed by atoms with E-state index in [4.69, 9.17) is 17.3 Å². The molecule has 0 aliphatic carbocycles. The average molecular weight is 211 g/mol. The summed E-state index contributed by atoms with van der Waals surface area (Å²) in [7, 11) is 0. The molecule has 0 aromatic carbocycles. The Morgan fingerprint density at radius 3 is 2.55 bits per heavy atom. The second kappa shape index (κ2) is 6.91. The number of aromatic nitrogens is 1. The number of hydrogen-bond acceptors (Lipinski definition) is 4. The van der Waals surface area contributed by atoms with Gasteiger partial charge in [-0.2, -0.15) is 12.6 Å². The zero-order chi connectivity index (χ0) is 8.69. The number of nitrogens with two attached hydrogens (primary N) is 1. The monoisotopic (exact) mass is 210 g/mol. The standard InChI is InChI=1S/C3H2ClNS.C3H9NS/c4-3-5-1-2-6-3;1-3(5)2-4/h1-2H;3,5H,2,4H2,1H3. The summed E-state index contributed by atoms with van der Waals surface area (Å²) in [4.78, 5) is 3.70. The highest BCUT2D eigenvalue weighted by molar-refractivity contribution is 7.80. The van der Waals surface area contributed by atoms with E-state index in [1.165, 1.54) is 11.3 Å². The smallest absolute Gasteiger partial charge is 0.183 e. The van der Waals surface area contributed by atoms with Gasteiger partial charge >= 0.3 is 0 Å². The Bertz CT molecular complexity index is 165.